The Morgan fingerprint density at radius 3 is 2.39 bits per heavy atom. The molecule has 2 aliphatic heterocycles. The normalized spacial score (nSPS) is 25.2. The van der Waals surface area contributed by atoms with Crippen LogP contribution in [-0.4, -0.2) is 64.2 Å². The molecule has 1 aliphatic carbocycles. The summed E-state index contributed by atoms with van der Waals surface area (Å²) >= 11 is 0. The third kappa shape index (κ3) is 3.75. The molecule has 0 radical (unpaired) electrons. The molecule has 0 unspecified atom stereocenters. The number of amides is 3. The summed E-state index contributed by atoms with van der Waals surface area (Å²) in [5.74, 6) is 0.260. The van der Waals surface area contributed by atoms with Crippen LogP contribution in [0.3, 0.4) is 0 Å². The van der Waals surface area contributed by atoms with Crippen LogP contribution in [0.1, 0.15) is 63.5 Å². The van der Waals surface area contributed by atoms with Gasteiger partial charge < -0.3 is 20.2 Å². The Hall–Kier alpha value is -2.34. The minimum absolute atomic E-state index is 0.0330. The van der Waals surface area contributed by atoms with Crippen LogP contribution in [0.4, 0.5) is 4.79 Å². The van der Waals surface area contributed by atoms with Crippen molar-refractivity contribution in [3.8, 4) is 0 Å². The molecule has 1 spiro atoms. The second-order valence-electron chi connectivity index (χ2n) is 9.65. The highest BCUT2D eigenvalue weighted by molar-refractivity contribution is 5.84. The first-order chi connectivity index (χ1) is 14.9. The van der Waals surface area contributed by atoms with Gasteiger partial charge in [0.15, 0.2) is 0 Å². The van der Waals surface area contributed by atoms with Gasteiger partial charge in [-0.25, -0.2) is 4.79 Å². The zero-order valence-corrected chi connectivity index (χ0v) is 18.9. The van der Waals surface area contributed by atoms with Crippen molar-refractivity contribution in [3.05, 3.63) is 41.5 Å². The maximum absolute atomic E-state index is 13.5. The SMILES string of the molecule is C/C=C/c1ccc([C@@H]2[C@@H](CO)N(C(=O)C3CCCC3)C23CN(C(=O)NC(C)C)C3)cc1. The van der Waals surface area contributed by atoms with Crippen LogP contribution in [0.15, 0.2) is 30.3 Å². The van der Waals surface area contributed by atoms with Gasteiger partial charge in [0.2, 0.25) is 5.91 Å². The van der Waals surface area contributed by atoms with E-state index >= 15 is 0 Å². The van der Waals surface area contributed by atoms with Crippen LogP contribution in [0.2, 0.25) is 0 Å². The number of carbonyl (C=O) groups is 2. The van der Waals surface area contributed by atoms with Gasteiger partial charge in [-0.3, -0.25) is 4.79 Å². The van der Waals surface area contributed by atoms with E-state index in [4.69, 9.17) is 0 Å². The van der Waals surface area contributed by atoms with Crippen molar-refractivity contribution < 1.29 is 14.7 Å². The molecule has 2 N–H and O–H groups in total. The first-order valence-corrected chi connectivity index (χ1v) is 11.6. The van der Waals surface area contributed by atoms with Gasteiger partial charge in [0.05, 0.1) is 18.2 Å². The van der Waals surface area contributed by atoms with Crippen LogP contribution >= 0.6 is 0 Å². The molecule has 3 amide bonds. The van der Waals surface area contributed by atoms with Crippen molar-refractivity contribution >= 4 is 18.0 Å². The number of urea groups is 1. The third-order valence-corrected chi connectivity index (χ3v) is 7.19. The maximum Gasteiger partial charge on any atom is 0.317 e. The van der Waals surface area contributed by atoms with Crippen molar-refractivity contribution in [1.82, 2.24) is 15.1 Å². The monoisotopic (exact) mass is 425 g/mol. The largest absolute Gasteiger partial charge is 0.394 e. The van der Waals surface area contributed by atoms with Gasteiger partial charge in [-0.1, -0.05) is 49.3 Å². The van der Waals surface area contributed by atoms with Gasteiger partial charge in [0.25, 0.3) is 0 Å². The fraction of sp³-hybridized carbons (Fsp3) is 0.600. The van der Waals surface area contributed by atoms with E-state index in [1.807, 2.05) is 31.7 Å². The number of likely N-dealkylation sites (tertiary alicyclic amines) is 2. The van der Waals surface area contributed by atoms with E-state index in [9.17, 15) is 14.7 Å². The Morgan fingerprint density at radius 1 is 1.19 bits per heavy atom. The number of nitrogens with zero attached hydrogens (tertiary/aromatic N) is 2. The second kappa shape index (κ2) is 8.65. The summed E-state index contributed by atoms with van der Waals surface area (Å²) in [7, 11) is 0. The van der Waals surface area contributed by atoms with Crippen molar-refractivity contribution in [2.24, 2.45) is 5.92 Å². The fourth-order valence-corrected chi connectivity index (χ4v) is 5.83. The van der Waals surface area contributed by atoms with Crippen LogP contribution < -0.4 is 5.32 Å². The lowest BCUT2D eigenvalue weighted by Gasteiger charge is -2.70. The van der Waals surface area contributed by atoms with Crippen molar-refractivity contribution in [3.63, 3.8) is 0 Å². The van der Waals surface area contributed by atoms with E-state index in [1.165, 1.54) is 0 Å². The molecule has 6 nitrogen and oxygen atoms in total. The summed E-state index contributed by atoms with van der Waals surface area (Å²) in [6, 6.07) is 8.15. The molecule has 3 fully saturated rings. The molecule has 0 aromatic heterocycles. The summed E-state index contributed by atoms with van der Waals surface area (Å²) in [5.41, 5.74) is 1.85. The molecular formula is C25H35N3O3. The van der Waals surface area contributed by atoms with Gasteiger partial charge in [-0.2, -0.15) is 0 Å². The maximum atomic E-state index is 13.5. The van der Waals surface area contributed by atoms with E-state index in [0.29, 0.717) is 13.1 Å². The molecule has 4 rings (SSSR count). The summed E-state index contributed by atoms with van der Waals surface area (Å²) in [6.45, 7) is 6.87. The highest BCUT2D eigenvalue weighted by Gasteiger charge is 2.68. The van der Waals surface area contributed by atoms with Crippen LogP contribution in [-0.2, 0) is 4.79 Å². The Balaban J connectivity index is 1.61. The molecule has 2 saturated heterocycles. The van der Waals surface area contributed by atoms with Crippen LogP contribution in [0.25, 0.3) is 6.08 Å². The average molecular weight is 426 g/mol. The Morgan fingerprint density at radius 2 is 1.84 bits per heavy atom. The molecule has 1 aromatic rings. The lowest BCUT2D eigenvalue weighted by atomic mass is 9.60. The number of aliphatic hydroxyl groups is 1. The highest BCUT2D eigenvalue weighted by atomic mass is 16.3. The first kappa shape index (κ1) is 21.9. The number of nitrogens with one attached hydrogen (secondary N) is 1. The molecule has 6 heteroatoms. The fourth-order valence-electron chi connectivity index (χ4n) is 5.83. The van der Waals surface area contributed by atoms with Gasteiger partial charge in [0.1, 0.15) is 0 Å². The predicted octanol–water partition coefficient (Wildman–Crippen LogP) is 3.37. The van der Waals surface area contributed by atoms with Crippen LogP contribution in [0.5, 0.6) is 0 Å². The molecule has 31 heavy (non-hydrogen) atoms. The Bertz CT molecular complexity index is 836. The van der Waals surface area contributed by atoms with Gasteiger partial charge in [-0.05, 0) is 44.7 Å². The van der Waals surface area contributed by atoms with E-state index < -0.39 is 5.54 Å². The summed E-state index contributed by atoms with van der Waals surface area (Å²) < 4.78 is 0. The van der Waals surface area contributed by atoms with Gasteiger partial charge in [0, 0.05) is 31.0 Å². The lowest BCUT2D eigenvalue weighted by molar-refractivity contribution is -0.196. The standard InChI is InChI=1S/C25H35N3O3/c1-4-7-18-10-12-19(13-11-18)22-21(14-29)28(23(30)20-8-5-6-9-20)25(22)15-27(16-25)24(31)26-17(2)3/h4,7,10-13,17,20-22,29H,5-6,8-9,14-16H2,1-3H3,(H,26,31)/b7-4+/t21-,22-/m1/s1. The zero-order valence-electron chi connectivity index (χ0n) is 18.9. The zero-order chi connectivity index (χ0) is 22.2. The molecule has 3 aliphatic rings. The van der Waals surface area contributed by atoms with Crippen molar-refractivity contribution in [1.29, 1.82) is 0 Å². The average Bonchev–Trinajstić information content (AvgIpc) is 3.22. The third-order valence-electron chi connectivity index (χ3n) is 7.19. The topological polar surface area (TPSA) is 72.9 Å². The van der Waals surface area contributed by atoms with E-state index in [2.05, 4.69) is 35.7 Å². The molecule has 0 bridgehead atoms. The summed E-state index contributed by atoms with van der Waals surface area (Å²) in [4.78, 5) is 29.8. The molecule has 2 heterocycles. The summed E-state index contributed by atoms with van der Waals surface area (Å²) in [6.07, 6.45) is 8.13. The predicted molar refractivity (Wildman–Crippen MR) is 122 cm³/mol. The van der Waals surface area contributed by atoms with Gasteiger partial charge in [-0.15, -0.1) is 0 Å². The molecule has 1 aromatic carbocycles. The molecule has 1 saturated carbocycles. The number of allylic oxidation sites excluding steroid dienone is 1. The Kier molecular flexibility index (Phi) is 6.11. The number of benzene rings is 1. The number of rotatable bonds is 5. The Labute approximate surface area is 185 Å². The number of hydrogen-bond acceptors (Lipinski definition) is 3. The number of carbonyl (C=O) groups excluding carboxylic acids is 2. The smallest absolute Gasteiger partial charge is 0.317 e. The molecule has 168 valence electrons. The minimum atomic E-state index is -0.413. The minimum Gasteiger partial charge on any atom is -0.394 e. The first-order valence-electron chi connectivity index (χ1n) is 11.6. The lowest BCUT2D eigenvalue weighted by Crippen LogP contribution is -2.86. The van der Waals surface area contributed by atoms with Gasteiger partial charge >= 0.3 is 6.03 Å². The van der Waals surface area contributed by atoms with Crippen molar-refractivity contribution in [2.75, 3.05) is 19.7 Å². The number of aliphatic hydroxyl groups excluding tert-OH is 1. The van der Waals surface area contributed by atoms with Crippen molar-refractivity contribution in [2.45, 2.75) is 70.0 Å². The van der Waals surface area contributed by atoms with E-state index in [0.717, 1.165) is 36.8 Å². The highest BCUT2D eigenvalue weighted by Crippen LogP contribution is 2.55. The van der Waals surface area contributed by atoms with E-state index in [1.54, 1.807) is 4.90 Å². The molecule has 2 atom stereocenters. The summed E-state index contributed by atoms with van der Waals surface area (Å²) in [5, 5.41) is 13.2. The quantitative estimate of drug-likeness (QED) is 0.760. The van der Waals surface area contributed by atoms with Crippen LogP contribution in [0, 0.1) is 5.92 Å². The molecular weight excluding hydrogens is 390 g/mol. The second-order valence-corrected chi connectivity index (χ2v) is 9.65. The van der Waals surface area contributed by atoms with E-state index in [-0.39, 0.29) is 42.5 Å². The number of hydrogen-bond donors (Lipinski definition) is 2.